The van der Waals surface area contributed by atoms with Crippen LogP contribution in [0.4, 0.5) is 0 Å². The average molecular weight is 451 g/mol. The number of benzene rings is 5. The Bertz CT molecular complexity index is 1780. The van der Waals surface area contributed by atoms with Crippen LogP contribution >= 0.6 is 11.3 Å². The molecule has 0 amide bonds. The maximum Gasteiger partial charge on any atom is 0.330 e. The normalized spacial score (nSPS) is 11.6. The molecule has 160 valence electrons. The monoisotopic (exact) mass is 450 g/mol. The fourth-order valence-electron chi connectivity index (χ4n) is 4.65. The van der Waals surface area contributed by atoms with Gasteiger partial charge in [0.25, 0.3) is 0 Å². The van der Waals surface area contributed by atoms with E-state index < -0.39 is 5.97 Å². The van der Waals surface area contributed by atoms with E-state index in [2.05, 4.69) is 18.7 Å². The van der Waals surface area contributed by atoms with Gasteiger partial charge in [0.05, 0.1) is 4.70 Å². The van der Waals surface area contributed by atoms with E-state index >= 15 is 0 Å². The summed E-state index contributed by atoms with van der Waals surface area (Å²) < 4.78 is 13.4. The molecule has 1 heterocycles. The summed E-state index contributed by atoms with van der Waals surface area (Å²) in [4.78, 5) is 24.8. The highest BCUT2D eigenvalue weighted by Crippen LogP contribution is 2.46. The van der Waals surface area contributed by atoms with Crippen molar-refractivity contribution in [2.24, 2.45) is 0 Å². The molecule has 0 saturated carbocycles. The first-order valence-electron chi connectivity index (χ1n) is 10.6. The fraction of sp³-hybridized carbons (Fsp3) is 0.0714. The van der Waals surface area contributed by atoms with Crippen molar-refractivity contribution in [3.05, 3.63) is 89.6 Å². The highest BCUT2D eigenvalue weighted by atomic mass is 32.1. The summed E-state index contributed by atoms with van der Waals surface area (Å²) in [6.07, 6.45) is 1.14. The highest BCUT2D eigenvalue weighted by molar-refractivity contribution is 7.25. The lowest BCUT2D eigenvalue weighted by atomic mass is 9.92. The van der Waals surface area contributed by atoms with Crippen LogP contribution in [0.2, 0.25) is 0 Å². The Morgan fingerprint density at radius 3 is 2.36 bits per heavy atom. The van der Waals surface area contributed by atoms with Crippen molar-refractivity contribution in [1.82, 2.24) is 0 Å². The van der Waals surface area contributed by atoms with Gasteiger partial charge in [0.2, 0.25) is 0 Å². The van der Waals surface area contributed by atoms with Gasteiger partial charge in [-0.2, -0.15) is 0 Å². The number of carbonyl (C=O) groups is 1. The van der Waals surface area contributed by atoms with Crippen LogP contribution in [-0.2, 0) is 9.53 Å². The van der Waals surface area contributed by atoms with E-state index in [9.17, 15) is 9.59 Å². The smallest absolute Gasteiger partial charge is 0.330 e. The molecule has 0 saturated heterocycles. The van der Waals surface area contributed by atoms with Gasteiger partial charge in [0.15, 0.2) is 5.43 Å². The van der Waals surface area contributed by atoms with E-state index in [-0.39, 0.29) is 18.6 Å². The van der Waals surface area contributed by atoms with Crippen LogP contribution in [0.15, 0.2) is 84.2 Å². The maximum atomic E-state index is 13.4. The second-order valence-corrected chi connectivity index (χ2v) is 8.91. The van der Waals surface area contributed by atoms with Gasteiger partial charge >= 0.3 is 5.97 Å². The Kier molecular flexibility index (Phi) is 4.52. The van der Waals surface area contributed by atoms with Crippen molar-refractivity contribution in [1.29, 1.82) is 0 Å². The summed E-state index contributed by atoms with van der Waals surface area (Å²) in [5.74, 6) is 0.241. The lowest BCUT2D eigenvalue weighted by molar-refractivity contribution is -0.138. The van der Waals surface area contributed by atoms with Gasteiger partial charge in [0, 0.05) is 32.3 Å². The molecule has 0 unspecified atom stereocenters. The molecule has 0 spiro atoms. The van der Waals surface area contributed by atoms with Crippen LogP contribution in [0.3, 0.4) is 0 Å². The molecule has 6 aromatic rings. The third kappa shape index (κ3) is 2.97. The molecule has 0 bridgehead atoms. The van der Waals surface area contributed by atoms with Crippen molar-refractivity contribution in [2.75, 3.05) is 13.2 Å². The van der Waals surface area contributed by atoms with Gasteiger partial charge in [-0.25, -0.2) is 4.79 Å². The molecule has 0 aliphatic rings. The maximum absolute atomic E-state index is 13.4. The van der Waals surface area contributed by atoms with Crippen molar-refractivity contribution in [3.8, 4) is 5.75 Å². The Morgan fingerprint density at radius 2 is 1.55 bits per heavy atom. The summed E-state index contributed by atoms with van der Waals surface area (Å²) in [6.45, 7) is 3.76. The Morgan fingerprint density at radius 1 is 0.818 bits per heavy atom. The fourth-order valence-corrected chi connectivity index (χ4v) is 5.83. The number of ether oxygens (including phenoxy) is 2. The lowest BCUT2D eigenvalue weighted by Gasteiger charge is -2.17. The Hall–Kier alpha value is -3.96. The number of rotatable bonds is 5. The van der Waals surface area contributed by atoms with Gasteiger partial charge in [-0.3, -0.25) is 4.79 Å². The van der Waals surface area contributed by atoms with Gasteiger partial charge in [-0.15, -0.1) is 11.3 Å². The van der Waals surface area contributed by atoms with E-state index in [4.69, 9.17) is 9.47 Å². The van der Waals surface area contributed by atoms with Crippen LogP contribution in [-0.4, -0.2) is 19.2 Å². The number of carbonyl (C=O) groups excluding carboxylic acids is 1. The van der Waals surface area contributed by atoms with Gasteiger partial charge in [-0.1, -0.05) is 55.1 Å². The SMILES string of the molecule is C=CC(=O)OCCOc1cc2c3ccccc3c(=O)c3ccc4c5ccccc5sc1c4c32. The van der Waals surface area contributed by atoms with Crippen LogP contribution in [0.25, 0.3) is 52.5 Å². The molecular weight excluding hydrogens is 432 g/mol. The van der Waals surface area contributed by atoms with Crippen molar-refractivity contribution in [3.63, 3.8) is 0 Å². The first-order valence-corrected chi connectivity index (χ1v) is 11.5. The van der Waals surface area contributed by atoms with E-state index in [1.54, 1.807) is 11.3 Å². The summed E-state index contributed by atoms with van der Waals surface area (Å²) in [5, 5.41) is 7.56. The Labute approximate surface area is 192 Å². The summed E-state index contributed by atoms with van der Waals surface area (Å²) in [6, 6.07) is 22.0. The minimum atomic E-state index is -0.476. The number of hydrogen-bond acceptors (Lipinski definition) is 5. The molecule has 0 radical (unpaired) electrons. The molecule has 33 heavy (non-hydrogen) atoms. The zero-order valence-electron chi connectivity index (χ0n) is 17.6. The number of esters is 1. The molecule has 0 atom stereocenters. The zero-order chi connectivity index (χ0) is 22.5. The lowest BCUT2D eigenvalue weighted by Crippen LogP contribution is -2.10. The van der Waals surface area contributed by atoms with Gasteiger partial charge < -0.3 is 9.47 Å². The molecule has 5 aromatic carbocycles. The third-order valence-corrected chi connectivity index (χ3v) is 7.23. The summed E-state index contributed by atoms with van der Waals surface area (Å²) in [7, 11) is 0. The number of hydrogen-bond donors (Lipinski definition) is 0. The van der Waals surface area contributed by atoms with E-state index in [1.807, 2.05) is 54.6 Å². The average Bonchev–Trinajstić information content (AvgIpc) is 2.86. The van der Waals surface area contributed by atoms with E-state index in [0.29, 0.717) is 11.1 Å². The van der Waals surface area contributed by atoms with Crippen LogP contribution in [0.5, 0.6) is 5.75 Å². The predicted octanol–water partition coefficient (Wildman–Crippen LogP) is 6.42. The first kappa shape index (κ1) is 19.7. The zero-order valence-corrected chi connectivity index (χ0v) is 18.4. The van der Waals surface area contributed by atoms with E-state index in [0.717, 1.165) is 53.2 Å². The van der Waals surface area contributed by atoms with Crippen LogP contribution in [0, 0.1) is 0 Å². The topological polar surface area (TPSA) is 52.6 Å². The Balaban J connectivity index is 1.70. The predicted molar refractivity (Wildman–Crippen MR) is 136 cm³/mol. The molecule has 1 aromatic heterocycles. The molecular formula is C28H18O4S. The highest BCUT2D eigenvalue weighted by Gasteiger charge is 2.19. The summed E-state index contributed by atoms with van der Waals surface area (Å²) in [5.41, 5.74) is 0.0458. The minimum absolute atomic E-state index is 0.0458. The molecule has 0 aliphatic heterocycles. The molecule has 4 nitrogen and oxygen atoms in total. The van der Waals surface area contributed by atoms with Crippen LogP contribution in [0.1, 0.15) is 0 Å². The third-order valence-electron chi connectivity index (χ3n) is 6.05. The molecule has 0 aliphatic carbocycles. The van der Waals surface area contributed by atoms with Gasteiger partial charge in [0.1, 0.15) is 19.0 Å². The second kappa shape index (κ2) is 7.57. The molecule has 6 rings (SSSR count). The van der Waals surface area contributed by atoms with Gasteiger partial charge in [-0.05, 0) is 39.7 Å². The summed E-state index contributed by atoms with van der Waals surface area (Å²) >= 11 is 1.64. The number of fused-ring (bicyclic) bond motifs is 4. The quantitative estimate of drug-likeness (QED) is 0.1000. The van der Waals surface area contributed by atoms with Crippen molar-refractivity contribution >= 4 is 69.8 Å². The minimum Gasteiger partial charge on any atom is -0.489 e. The molecule has 0 fully saturated rings. The first-order chi connectivity index (χ1) is 16.2. The van der Waals surface area contributed by atoms with E-state index in [1.165, 1.54) is 0 Å². The second-order valence-electron chi connectivity index (χ2n) is 7.86. The standard InChI is InChI=1S/C28H18O4S/c1-2-24(29)32-14-13-31-22-15-21-16-7-3-4-9-19(16)27(30)20-12-11-18-17-8-5-6-10-23(17)33-28(22)26(18)25(20)21/h2-12,15H,1,13-14H2. The van der Waals surface area contributed by atoms with Crippen molar-refractivity contribution < 1.29 is 14.3 Å². The molecule has 5 heteroatoms. The van der Waals surface area contributed by atoms with Crippen LogP contribution < -0.4 is 10.2 Å². The van der Waals surface area contributed by atoms with Crippen molar-refractivity contribution in [2.45, 2.75) is 0 Å². The molecule has 0 N–H and O–H groups in total. The largest absolute Gasteiger partial charge is 0.489 e.